The molecule has 3 atom stereocenters. The lowest BCUT2D eigenvalue weighted by Crippen LogP contribution is -2.21. The summed E-state index contributed by atoms with van der Waals surface area (Å²) in [6.45, 7) is 0. The normalized spacial score (nSPS) is 18.6. The van der Waals surface area contributed by atoms with Crippen LogP contribution in [-0.2, 0) is 19.1 Å². The monoisotopic (exact) mass is 484 g/mol. The molecule has 3 aromatic rings. The Morgan fingerprint density at radius 2 is 1.76 bits per heavy atom. The van der Waals surface area contributed by atoms with Crippen molar-refractivity contribution in [2.75, 3.05) is 17.7 Å². The zero-order valence-electron chi connectivity index (χ0n) is 17.7. The molecule has 174 valence electrons. The number of rotatable bonds is 6. The van der Waals surface area contributed by atoms with Crippen molar-refractivity contribution in [2.24, 2.45) is 17.8 Å². The van der Waals surface area contributed by atoms with Gasteiger partial charge >= 0.3 is 5.97 Å². The van der Waals surface area contributed by atoms with E-state index in [1.807, 2.05) is 0 Å². The largest absolute Gasteiger partial charge is 0.469 e. The number of carbonyl (C=O) groups is 3. The first kappa shape index (κ1) is 23.1. The molecule has 1 aliphatic rings. The predicted octanol–water partition coefficient (Wildman–Crippen LogP) is 2.64. The van der Waals surface area contributed by atoms with E-state index in [-0.39, 0.29) is 22.8 Å². The SMILES string of the molecule is COC(=O)C1C(C(=O)Nc2ccc(Cl)cn2)C1C(=O)Nc1ccc(-n2ccccc2=O)cc1F. The van der Waals surface area contributed by atoms with E-state index in [1.165, 1.54) is 47.3 Å². The Hall–Kier alpha value is -4.05. The number of hydrogen-bond acceptors (Lipinski definition) is 6. The number of hydrogen-bond donors (Lipinski definition) is 2. The Labute approximate surface area is 197 Å². The van der Waals surface area contributed by atoms with Crippen molar-refractivity contribution in [1.82, 2.24) is 9.55 Å². The lowest BCUT2D eigenvalue weighted by molar-refractivity contribution is -0.144. The van der Waals surface area contributed by atoms with Crippen molar-refractivity contribution in [3.63, 3.8) is 0 Å². The number of nitrogens with zero attached hydrogens (tertiary/aromatic N) is 2. The average molecular weight is 485 g/mol. The van der Waals surface area contributed by atoms with E-state index >= 15 is 0 Å². The molecule has 2 heterocycles. The molecule has 4 rings (SSSR count). The molecule has 1 saturated carbocycles. The van der Waals surface area contributed by atoms with Crippen LogP contribution in [0.2, 0.25) is 5.02 Å². The van der Waals surface area contributed by atoms with Crippen LogP contribution in [0, 0.1) is 23.6 Å². The van der Waals surface area contributed by atoms with Crippen molar-refractivity contribution in [1.29, 1.82) is 0 Å². The summed E-state index contributed by atoms with van der Waals surface area (Å²) >= 11 is 5.78. The lowest BCUT2D eigenvalue weighted by Gasteiger charge is -2.10. The number of pyridine rings is 2. The van der Waals surface area contributed by atoms with Crippen LogP contribution in [0.1, 0.15) is 0 Å². The summed E-state index contributed by atoms with van der Waals surface area (Å²) in [4.78, 5) is 53.5. The molecule has 0 spiro atoms. The van der Waals surface area contributed by atoms with Crippen LogP contribution in [0.25, 0.3) is 5.69 Å². The second-order valence-electron chi connectivity index (χ2n) is 7.51. The van der Waals surface area contributed by atoms with Crippen LogP contribution in [0.5, 0.6) is 0 Å². The molecule has 0 radical (unpaired) electrons. The Morgan fingerprint density at radius 1 is 1.03 bits per heavy atom. The minimum absolute atomic E-state index is 0.160. The van der Waals surface area contributed by atoms with Gasteiger partial charge in [0.15, 0.2) is 0 Å². The molecule has 2 amide bonds. The van der Waals surface area contributed by atoms with E-state index in [9.17, 15) is 23.6 Å². The fourth-order valence-electron chi connectivity index (χ4n) is 3.66. The van der Waals surface area contributed by atoms with E-state index in [1.54, 1.807) is 12.1 Å². The smallest absolute Gasteiger partial charge is 0.310 e. The molecule has 0 bridgehead atoms. The van der Waals surface area contributed by atoms with Gasteiger partial charge in [-0.3, -0.25) is 23.7 Å². The number of methoxy groups -OCH3 is 1. The predicted molar refractivity (Wildman–Crippen MR) is 121 cm³/mol. The standard InChI is InChI=1S/C23H18ClFN4O5/c1-34-23(33)20-18(19(20)22(32)28-16-8-5-12(24)11-26-16)21(31)27-15-7-6-13(10-14(15)25)29-9-3-2-4-17(29)30/h2-11,18-20H,1H3,(H,27,31)(H,26,28,32). The van der Waals surface area contributed by atoms with E-state index in [2.05, 4.69) is 15.6 Å². The quantitative estimate of drug-likeness (QED) is 0.519. The van der Waals surface area contributed by atoms with Crippen LogP contribution in [-0.4, -0.2) is 34.4 Å². The van der Waals surface area contributed by atoms with Gasteiger partial charge in [-0.2, -0.15) is 0 Å². The molecule has 11 heteroatoms. The average Bonchev–Trinajstić information content (AvgIpc) is 3.58. The first-order valence-electron chi connectivity index (χ1n) is 10.1. The van der Waals surface area contributed by atoms with Crippen LogP contribution in [0.4, 0.5) is 15.9 Å². The minimum Gasteiger partial charge on any atom is -0.469 e. The molecular formula is C23H18ClFN4O5. The Kier molecular flexibility index (Phi) is 6.42. The summed E-state index contributed by atoms with van der Waals surface area (Å²) in [6, 6.07) is 11.4. The zero-order chi connectivity index (χ0) is 24.4. The first-order valence-corrected chi connectivity index (χ1v) is 10.5. The molecule has 3 unspecified atom stereocenters. The number of esters is 1. The van der Waals surface area contributed by atoms with Crippen molar-refractivity contribution in [3.05, 3.63) is 82.1 Å². The van der Waals surface area contributed by atoms with Gasteiger partial charge < -0.3 is 15.4 Å². The van der Waals surface area contributed by atoms with Gasteiger partial charge in [0, 0.05) is 24.5 Å². The topological polar surface area (TPSA) is 119 Å². The van der Waals surface area contributed by atoms with Crippen molar-refractivity contribution < 1.29 is 23.5 Å². The molecule has 2 N–H and O–H groups in total. The maximum Gasteiger partial charge on any atom is 0.310 e. The highest BCUT2D eigenvalue weighted by Crippen LogP contribution is 2.48. The number of carbonyl (C=O) groups excluding carboxylic acids is 3. The van der Waals surface area contributed by atoms with Gasteiger partial charge in [-0.05, 0) is 30.3 Å². The second kappa shape index (κ2) is 9.44. The van der Waals surface area contributed by atoms with Gasteiger partial charge in [0.2, 0.25) is 11.8 Å². The Bertz CT molecular complexity index is 1330. The Morgan fingerprint density at radius 3 is 2.38 bits per heavy atom. The fraction of sp³-hybridized carbons (Fsp3) is 0.174. The summed E-state index contributed by atoms with van der Waals surface area (Å²) in [7, 11) is 1.15. The van der Waals surface area contributed by atoms with Crippen molar-refractivity contribution >= 4 is 40.9 Å². The number of ether oxygens (including phenoxy) is 1. The Balaban J connectivity index is 1.50. The van der Waals surface area contributed by atoms with E-state index < -0.39 is 41.4 Å². The van der Waals surface area contributed by atoms with E-state index in [4.69, 9.17) is 16.3 Å². The number of benzene rings is 1. The van der Waals surface area contributed by atoms with Crippen LogP contribution >= 0.6 is 11.6 Å². The molecule has 1 aromatic carbocycles. The van der Waals surface area contributed by atoms with Gasteiger partial charge in [-0.1, -0.05) is 17.7 Å². The number of amides is 2. The minimum atomic E-state index is -1.06. The summed E-state index contributed by atoms with van der Waals surface area (Å²) in [5, 5.41) is 5.31. The third-order valence-electron chi connectivity index (χ3n) is 5.39. The van der Waals surface area contributed by atoms with Gasteiger partial charge in [0.1, 0.15) is 11.6 Å². The van der Waals surface area contributed by atoms with E-state index in [0.717, 1.165) is 13.2 Å². The summed E-state index contributed by atoms with van der Waals surface area (Å²) in [6.07, 6.45) is 2.82. The lowest BCUT2D eigenvalue weighted by atomic mass is 10.2. The zero-order valence-corrected chi connectivity index (χ0v) is 18.5. The molecule has 1 fully saturated rings. The molecule has 34 heavy (non-hydrogen) atoms. The maximum atomic E-state index is 14.7. The number of nitrogens with one attached hydrogen (secondary N) is 2. The number of anilines is 2. The summed E-state index contributed by atoms with van der Waals surface area (Å²) in [5.41, 5.74) is -0.235. The third kappa shape index (κ3) is 4.67. The van der Waals surface area contributed by atoms with Crippen LogP contribution < -0.4 is 16.2 Å². The number of halogens is 2. The van der Waals surface area contributed by atoms with Gasteiger partial charge in [0.05, 0.1) is 41.3 Å². The number of aromatic nitrogens is 2. The maximum absolute atomic E-state index is 14.7. The molecular weight excluding hydrogens is 467 g/mol. The molecule has 0 aliphatic heterocycles. The van der Waals surface area contributed by atoms with E-state index in [0.29, 0.717) is 5.02 Å². The van der Waals surface area contributed by atoms with Crippen molar-refractivity contribution in [3.8, 4) is 5.69 Å². The van der Waals surface area contributed by atoms with Gasteiger partial charge in [-0.15, -0.1) is 0 Å². The van der Waals surface area contributed by atoms with Crippen LogP contribution in [0.15, 0.2) is 65.7 Å². The second-order valence-corrected chi connectivity index (χ2v) is 7.95. The van der Waals surface area contributed by atoms with Gasteiger partial charge in [0.25, 0.3) is 5.56 Å². The first-order chi connectivity index (χ1) is 16.3. The third-order valence-corrected chi connectivity index (χ3v) is 5.61. The highest BCUT2D eigenvalue weighted by molar-refractivity contribution is 6.30. The van der Waals surface area contributed by atoms with Crippen LogP contribution in [0.3, 0.4) is 0 Å². The highest BCUT2D eigenvalue weighted by atomic mass is 35.5. The van der Waals surface area contributed by atoms with Crippen molar-refractivity contribution in [2.45, 2.75) is 0 Å². The fourth-order valence-corrected chi connectivity index (χ4v) is 3.78. The van der Waals surface area contributed by atoms with Gasteiger partial charge in [-0.25, -0.2) is 9.37 Å². The molecule has 9 nitrogen and oxygen atoms in total. The summed E-state index contributed by atoms with van der Waals surface area (Å²) in [5.74, 6) is -5.75. The molecule has 0 saturated heterocycles. The summed E-state index contributed by atoms with van der Waals surface area (Å²) < 4.78 is 20.6. The molecule has 2 aromatic heterocycles. The highest BCUT2D eigenvalue weighted by Gasteiger charge is 2.63. The molecule has 1 aliphatic carbocycles.